The van der Waals surface area contributed by atoms with E-state index in [2.05, 4.69) is 12.2 Å². The van der Waals surface area contributed by atoms with Crippen LogP contribution in [-0.2, 0) is 6.61 Å². The van der Waals surface area contributed by atoms with E-state index in [0.29, 0.717) is 17.4 Å². The quantitative estimate of drug-likeness (QED) is 0.567. The van der Waals surface area contributed by atoms with Crippen molar-refractivity contribution in [3.8, 4) is 5.75 Å². The van der Waals surface area contributed by atoms with Gasteiger partial charge in [-0.25, -0.2) is 0 Å². The molecule has 0 saturated heterocycles. The molecule has 7 nitrogen and oxygen atoms in total. The van der Waals surface area contributed by atoms with Crippen LogP contribution in [0.3, 0.4) is 0 Å². The largest absolute Gasteiger partial charge is 0.485 e. The van der Waals surface area contributed by atoms with E-state index in [1.54, 1.807) is 24.3 Å². The molecule has 4 rings (SSSR count). The number of ether oxygens (including phenoxy) is 1. The van der Waals surface area contributed by atoms with E-state index in [-0.39, 0.29) is 30.0 Å². The molecule has 148 valence electrons. The number of furan rings is 1. The molecule has 2 bridgehead atoms. The van der Waals surface area contributed by atoms with Crippen molar-refractivity contribution in [1.82, 2.24) is 5.32 Å². The first-order chi connectivity index (χ1) is 13.5. The lowest BCUT2D eigenvalue weighted by molar-refractivity contribution is -0.384. The van der Waals surface area contributed by atoms with E-state index in [0.717, 1.165) is 11.8 Å². The van der Waals surface area contributed by atoms with Crippen LogP contribution in [0.1, 0.15) is 48.9 Å². The van der Waals surface area contributed by atoms with E-state index in [4.69, 9.17) is 9.15 Å². The third-order valence-corrected chi connectivity index (χ3v) is 6.09. The SMILES string of the molecule is C[C@H](NC(=O)c1ccc(COc2cccc([N+](=O)[O-])c2)o1)[C@@H]1C[C@H]2CC[C@H]1C2. The van der Waals surface area contributed by atoms with Gasteiger partial charge in [0, 0.05) is 12.1 Å². The van der Waals surface area contributed by atoms with Gasteiger partial charge in [-0.1, -0.05) is 12.5 Å². The van der Waals surface area contributed by atoms with E-state index in [1.807, 2.05) is 0 Å². The fourth-order valence-corrected chi connectivity index (χ4v) is 4.71. The average molecular weight is 384 g/mol. The number of non-ortho nitro benzene ring substituents is 1. The lowest BCUT2D eigenvalue weighted by Gasteiger charge is -2.28. The van der Waals surface area contributed by atoms with Crippen LogP contribution >= 0.6 is 0 Å². The Morgan fingerprint density at radius 1 is 1.32 bits per heavy atom. The third kappa shape index (κ3) is 3.88. The van der Waals surface area contributed by atoms with Crippen molar-refractivity contribution in [3.63, 3.8) is 0 Å². The maximum absolute atomic E-state index is 12.5. The van der Waals surface area contributed by atoms with Gasteiger partial charge in [-0.2, -0.15) is 0 Å². The fraction of sp³-hybridized carbons (Fsp3) is 0.476. The van der Waals surface area contributed by atoms with Crippen molar-refractivity contribution in [2.24, 2.45) is 17.8 Å². The number of amides is 1. The number of nitro benzene ring substituents is 1. The molecule has 1 aromatic carbocycles. The predicted octanol–water partition coefficient (Wildman–Crippen LogP) is 4.32. The van der Waals surface area contributed by atoms with Crippen molar-refractivity contribution in [2.75, 3.05) is 0 Å². The van der Waals surface area contributed by atoms with Gasteiger partial charge < -0.3 is 14.5 Å². The monoisotopic (exact) mass is 384 g/mol. The van der Waals surface area contributed by atoms with Gasteiger partial charge in [0.1, 0.15) is 18.1 Å². The average Bonchev–Trinajstić information content (AvgIpc) is 3.43. The molecule has 1 N–H and O–H groups in total. The Hall–Kier alpha value is -2.83. The highest BCUT2D eigenvalue weighted by molar-refractivity contribution is 5.91. The van der Waals surface area contributed by atoms with Gasteiger partial charge in [-0.05, 0) is 62.1 Å². The van der Waals surface area contributed by atoms with Crippen LogP contribution < -0.4 is 10.1 Å². The smallest absolute Gasteiger partial charge is 0.287 e. The summed E-state index contributed by atoms with van der Waals surface area (Å²) >= 11 is 0. The van der Waals surface area contributed by atoms with Gasteiger partial charge in [0.25, 0.3) is 11.6 Å². The number of rotatable bonds is 7. The number of hydrogen-bond acceptors (Lipinski definition) is 5. The van der Waals surface area contributed by atoms with Gasteiger partial charge in [-0.15, -0.1) is 0 Å². The van der Waals surface area contributed by atoms with Crippen molar-refractivity contribution < 1.29 is 18.9 Å². The lowest BCUT2D eigenvalue weighted by Crippen LogP contribution is -2.40. The molecule has 7 heteroatoms. The van der Waals surface area contributed by atoms with Crippen molar-refractivity contribution in [1.29, 1.82) is 0 Å². The Kier molecular flexibility index (Phi) is 5.07. The number of nitro groups is 1. The van der Waals surface area contributed by atoms with Crippen LogP contribution in [0.4, 0.5) is 5.69 Å². The highest BCUT2D eigenvalue weighted by Gasteiger charge is 2.42. The van der Waals surface area contributed by atoms with E-state index < -0.39 is 4.92 Å². The number of nitrogens with one attached hydrogen (secondary N) is 1. The number of benzene rings is 1. The fourth-order valence-electron chi connectivity index (χ4n) is 4.71. The minimum Gasteiger partial charge on any atom is -0.485 e. The van der Waals surface area contributed by atoms with Crippen LogP contribution in [0.25, 0.3) is 0 Å². The Morgan fingerprint density at radius 2 is 2.18 bits per heavy atom. The molecule has 2 saturated carbocycles. The molecule has 2 aliphatic carbocycles. The molecule has 0 radical (unpaired) electrons. The molecule has 28 heavy (non-hydrogen) atoms. The summed E-state index contributed by atoms with van der Waals surface area (Å²) in [5.74, 6) is 3.07. The molecule has 2 fully saturated rings. The van der Waals surface area contributed by atoms with Gasteiger partial charge in [-0.3, -0.25) is 14.9 Å². The number of hydrogen-bond donors (Lipinski definition) is 1. The van der Waals surface area contributed by atoms with Crippen LogP contribution in [0.2, 0.25) is 0 Å². The zero-order valence-electron chi connectivity index (χ0n) is 15.8. The highest BCUT2D eigenvalue weighted by Crippen LogP contribution is 2.49. The zero-order chi connectivity index (χ0) is 19.7. The van der Waals surface area contributed by atoms with Crippen LogP contribution in [0.5, 0.6) is 5.75 Å². The molecule has 2 aliphatic rings. The molecule has 0 spiro atoms. The summed E-state index contributed by atoms with van der Waals surface area (Å²) in [5.41, 5.74) is -0.0355. The minimum absolute atomic E-state index is 0.0355. The number of nitrogens with zero attached hydrogens (tertiary/aromatic N) is 1. The number of carbonyl (C=O) groups is 1. The van der Waals surface area contributed by atoms with E-state index in [9.17, 15) is 14.9 Å². The van der Waals surface area contributed by atoms with E-state index in [1.165, 1.54) is 37.8 Å². The van der Waals surface area contributed by atoms with Crippen molar-refractivity contribution in [3.05, 3.63) is 58.0 Å². The van der Waals surface area contributed by atoms with E-state index >= 15 is 0 Å². The molecule has 0 unspecified atom stereocenters. The van der Waals surface area contributed by atoms with Crippen LogP contribution in [-0.4, -0.2) is 16.9 Å². The molecule has 0 aliphatic heterocycles. The minimum atomic E-state index is -0.473. The van der Waals surface area contributed by atoms with Gasteiger partial charge >= 0.3 is 0 Å². The summed E-state index contributed by atoms with van der Waals surface area (Å²) in [7, 11) is 0. The van der Waals surface area contributed by atoms with Crippen molar-refractivity contribution >= 4 is 11.6 Å². The zero-order valence-corrected chi connectivity index (χ0v) is 15.8. The molecule has 4 atom stereocenters. The summed E-state index contributed by atoms with van der Waals surface area (Å²) in [6, 6.07) is 9.42. The predicted molar refractivity (Wildman–Crippen MR) is 102 cm³/mol. The highest BCUT2D eigenvalue weighted by atomic mass is 16.6. The Bertz CT molecular complexity index is 877. The second kappa shape index (κ2) is 7.66. The second-order valence-corrected chi connectivity index (χ2v) is 7.91. The van der Waals surface area contributed by atoms with Gasteiger partial charge in [0.05, 0.1) is 11.0 Å². The molecule has 1 aromatic heterocycles. The third-order valence-electron chi connectivity index (χ3n) is 6.09. The topological polar surface area (TPSA) is 94.6 Å². The van der Waals surface area contributed by atoms with Gasteiger partial charge in [0.2, 0.25) is 0 Å². The molecule has 1 heterocycles. The summed E-state index contributed by atoms with van der Waals surface area (Å²) in [4.78, 5) is 22.8. The van der Waals surface area contributed by atoms with Crippen molar-refractivity contribution in [2.45, 2.75) is 45.3 Å². The van der Waals surface area contributed by atoms with Gasteiger partial charge in [0.15, 0.2) is 5.76 Å². The first kappa shape index (κ1) is 18.5. The summed E-state index contributed by atoms with van der Waals surface area (Å²) in [6.07, 6.45) is 5.15. The molecular weight excluding hydrogens is 360 g/mol. The Morgan fingerprint density at radius 3 is 2.89 bits per heavy atom. The van der Waals surface area contributed by atoms with Crippen LogP contribution in [0.15, 0.2) is 40.8 Å². The normalized spacial score (nSPS) is 24.1. The Labute approximate surface area is 163 Å². The maximum Gasteiger partial charge on any atom is 0.287 e. The van der Waals surface area contributed by atoms with Crippen LogP contribution in [0, 0.1) is 27.9 Å². The maximum atomic E-state index is 12.5. The number of fused-ring (bicyclic) bond motifs is 2. The standard InChI is InChI=1S/C21H24N2O5/c1-13(19-10-14-5-6-15(19)9-14)22-21(24)20-8-7-18(28-20)12-27-17-4-2-3-16(11-17)23(25)26/h2-4,7-8,11,13-15,19H,5-6,9-10,12H2,1H3,(H,22,24)/t13-,14-,15-,19-/m0/s1. The molecular formula is C21H24N2O5. The first-order valence-corrected chi connectivity index (χ1v) is 9.76. The molecule has 2 aromatic rings. The Balaban J connectivity index is 1.31. The molecule has 1 amide bonds. The first-order valence-electron chi connectivity index (χ1n) is 9.76. The summed E-state index contributed by atoms with van der Waals surface area (Å²) in [6.45, 7) is 2.18. The lowest BCUT2D eigenvalue weighted by atomic mass is 9.84. The second-order valence-electron chi connectivity index (χ2n) is 7.91. The summed E-state index contributed by atoms with van der Waals surface area (Å²) < 4.78 is 11.1. The summed E-state index contributed by atoms with van der Waals surface area (Å²) in [5, 5.41) is 13.9. The number of carbonyl (C=O) groups excluding carboxylic acids is 1.